The number of nitrogens with one attached hydrogen (secondary N) is 1. The number of aromatic nitrogens is 2. The molecule has 0 aliphatic heterocycles. The summed E-state index contributed by atoms with van der Waals surface area (Å²) in [5.41, 5.74) is 3.59. The highest BCUT2D eigenvalue weighted by molar-refractivity contribution is 5.28. The average Bonchev–Trinajstić information content (AvgIpc) is 2.53. The van der Waals surface area contributed by atoms with Gasteiger partial charge < -0.3 is 10.1 Å². The average molecular weight is 285 g/mol. The van der Waals surface area contributed by atoms with Gasteiger partial charge in [0.25, 0.3) is 0 Å². The fourth-order valence-electron chi connectivity index (χ4n) is 2.31. The minimum atomic E-state index is 0.228. The Kier molecular flexibility index (Phi) is 5.28. The van der Waals surface area contributed by atoms with Crippen molar-refractivity contribution in [3.05, 3.63) is 53.5 Å². The van der Waals surface area contributed by atoms with Crippen LogP contribution in [0.2, 0.25) is 0 Å². The van der Waals surface area contributed by atoms with E-state index in [0.29, 0.717) is 11.8 Å². The number of ether oxygens (including phenoxy) is 1. The van der Waals surface area contributed by atoms with Crippen molar-refractivity contribution < 1.29 is 4.74 Å². The van der Waals surface area contributed by atoms with Crippen LogP contribution in [0.25, 0.3) is 0 Å². The Morgan fingerprint density at radius 2 is 1.76 bits per heavy atom. The Morgan fingerprint density at radius 1 is 1.10 bits per heavy atom. The number of rotatable bonds is 6. The van der Waals surface area contributed by atoms with E-state index in [1.165, 1.54) is 11.1 Å². The fourth-order valence-corrected chi connectivity index (χ4v) is 2.31. The lowest BCUT2D eigenvalue weighted by atomic mass is 9.97. The molecule has 1 aromatic carbocycles. The van der Waals surface area contributed by atoms with Crippen molar-refractivity contribution in [2.24, 2.45) is 0 Å². The Balaban J connectivity index is 2.15. The number of nitrogens with zero attached hydrogens (tertiary/aromatic N) is 2. The molecule has 0 saturated carbocycles. The molecule has 1 heterocycles. The Hall–Kier alpha value is -1.94. The minimum Gasteiger partial charge on any atom is -0.481 e. The highest BCUT2D eigenvalue weighted by Crippen LogP contribution is 2.21. The van der Waals surface area contributed by atoms with Crippen LogP contribution in [0.1, 0.15) is 42.6 Å². The maximum Gasteiger partial charge on any atom is 0.216 e. The molecule has 2 aromatic rings. The summed E-state index contributed by atoms with van der Waals surface area (Å²) in [5, 5.41) is 3.35. The van der Waals surface area contributed by atoms with Gasteiger partial charge in [-0.2, -0.15) is 0 Å². The van der Waals surface area contributed by atoms with Crippen molar-refractivity contribution in [2.75, 3.05) is 14.2 Å². The molecule has 1 unspecified atom stereocenters. The predicted octanol–water partition coefficient (Wildman–Crippen LogP) is 3.11. The van der Waals surface area contributed by atoms with E-state index in [-0.39, 0.29) is 6.04 Å². The number of hydrogen-bond donors (Lipinski definition) is 1. The number of likely N-dealkylation sites (N-methyl/N-ethyl adjacent to an activating group) is 1. The Bertz CT molecular complexity index is 567. The lowest BCUT2D eigenvalue weighted by Crippen LogP contribution is -2.19. The van der Waals surface area contributed by atoms with Crippen LogP contribution in [-0.4, -0.2) is 24.1 Å². The summed E-state index contributed by atoms with van der Waals surface area (Å²) >= 11 is 0. The molecule has 1 aromatic heterocycles. The Morgan fingerprint density at radius 3 is 2.33 bits per heavy atom. The molecule has 21 heavy (non-hydrogen) atoms. The van der Waals surface area contributed by atoms with Gasteiger partial charge in [0.1, 0.15) is 6.33 Å². The van der Waals surface area contributed by atoms with E-state index in [9.17, 15) is 0 Å². The Labute approximate surface area is 126 Å². The first-order valence-electron chi connectivity index (χ1n) is 7.26. The van der Waals surface area contributed by atoms with E-state index in [1.807, 2.05) is 13.1 Å². The van der Waals surface area contributed by atoms with Crippen LogP contribution in [0.4, 0.5) is 0 Å². The summed E-state index contributed by atoms with van der Waals surface area (Å²) < 4.78 is 5.15. The smallest absolute Gasteiger partial charge is 0.216 e. The maximum atomic E-state index is 5.15. The van der Waals surface area contributed by atoms with Crippen molar-refractivity contribution in [1.82, 2.24) is 15.3 Å². The molecule has 0 radical (unpaired) electrons. The second-order valence-corrected chi connectivity index (χ2v) is 5.42. The van der Waals surface area contributed by atoms with Crippen LogP contribution in [-0.2, 0) is 6.42 Å². The molecule has 0 spiro atoms. The van der Waals surface area contributed by atoms with Gasteiger partial charge in [0.15, 0.2) is 0 Å². The van der Waals surface area contributed by atoms with Gasteiger partial charge in [-0.25, -0.2) is 9.97 Å². The first-order chi connectivity index (χ1) is 10.1. The second kappa shape index (κ2) is 7.18. The topological polar surface area (TPSA) is 47.0 Å². The van der Waals surface area contributed by atoms with Crippen molar-refractivity contribution in [1.29, 1.82) is 0 Å². The van der Waals surface area contributed by atoms with Crippen LogP contribution in [0, 0.1) is 0 Å². The fraction of sp³-hybridized carbons (Fsp3) is 0.412. The van der Waals surface area contributed by atoms with Gasteiger partial charge in [-0.1, -0.05) is 38.1 Å². The van der Waals surface area contributed by atoms with Gasteiger partial charge in [0.2, 0.25) is 5.88 Å². The first-order valence-corrected chi connectivity index (χ1v) is 7.26. The minimum absolute atomic E-state index is 0.228. The summed E-state index contributed by atoms with van der Waals surface area (Å²) in [6, 6.07) is 10.9. The van der Waals surface area contributed by atoms with Crippen molar-refractivity contribution in [3.63, 3.8) is 0 Å². The molecule has 0 aliphatic carbocycles. The lowest BCUT2D eigenvalue weighted by Gasteiger charge is -2.17. The van der Waals surface area contributed by atoms with Gasteiger partial charge in [-0.3, -0.25) is 0 Å². The van der Waals surface area contributed by atoms with Crippen molar-refractivity contribution in [3.8, 4) is 5.88 Å². The van der Waals surface area contributed by atoms with E-state index in [0.717, 1.165) is 12.1 Å². The number of benzene rings is 1. The highest BCUT2D eigenvalue weighted by Gasteiger charge is 2.12. The zero-order valence-electron chi connectivity index (χ0n) is 13.1. The predicted molar refractivity (Wildman–Crippen MR) is 84.6 cm³/mol. The third-order valence-corrected chi connectivity index (χ3v) is 3.67. The normalized spacial score (nSPS) is 12.4. The molecular formula is C17H23N3O. The standard InChI is InChI=1S/C17H23N3O/c1-12(2)13-5-7-14(8-6-13)16(18-3)9-15-10-17(21-4)20-11-19-15/h5-8,10-12,16,18H,9H2,1-4H3. The van der Waals surface area contributed by atoms with E-state index in [2.05, 4.69) is 53.4 Å². The monoisotopic (exact) mass is 285 g/mol. The lowest BCUT2D eigenvalue weighted by molar-refractivity contribution is 0.395. The molecule has 1 N–H and O–H groups in total. The van der Waals surface area contributed by atoms with E-state index >= 15 is 0 Å². The third kappa shape index (κ3) is 4.02. The zero-order chi connectivity index (χ0) is 15.2. The summed E-state index contributed by atoms with van der Waals surface area (Å²) in [5.74, 6) is 1.16. The van der Waals surface area contributed by atoms with Gasteiger partial charge in [0.05, 0.1) is 7.11 Å². The van der Waals surface area contributed by atoms with Crippen LogP contribution in [0.3, 0.4) is 0 Å². The molecular weight excluding hydrogens is 262 g/mol. The number of methoxy groups -OCH3 is 1. The highest BCUT2D eigenvalue weighted by atomic mass is 16.5. The number of hydrogen-bond acceptors (Lipinski definition) is 4. The third-order valence-electron chi connectivity index (χ3n) is 3.67. The van der Waals surface area contributed by atoms with Crippen LogP contribution < -0.4 is 10.1 Å². The summed E-state index contributed by atoms with van der Waals surface area (Å²) in [4.78, 5) is 8.36. The molecule has 1 atom stereocenters. The van der Waals surface area contributed by atoms with E-state index in [4.69, 9.17) is 4.74 Å². The molecule has 2 rings (SSSR count). The molecule has 112 valence electrons. The first kappa shape index (κ1) is 15.4. The van der Waals surface area contributed by atoms with Gasteiger partial charge in [0, 0.05) is 24.2 Å². The quantitative estimate of drug-likeness (QED) is 0.886. The van der Waals surface area contributed by atoms with E-state index in [1.54, 1.807) is 13.4 Å². The molecule has 0 fully saturated rings. The van der Waals surface area contributed by atoms with Crippen molar-refractivity contribution in [2.45, 2.75) is 32.2 Å². The largest absolute Gasteiger partial charge is 0.481 e. The van der Waals surface area contributed by atoms with Crippen molar-refractivity contribution >= 4 is 0 Å². The summed E-state index contributed by atoms with van der Waals surface area (Å²) in [6.45, 7) is 4.41. The molecule has 0 amide bonds. The SMILES string of the molecule is CNC(Cc1cc(OC)ncn1)c1ccc(C(C)C)cc1. The molecule has 4 nitrogen and oxygen atoms in total. The molecule has 0 aliphatic rings. The van der Waals surface area contributed by atoms with Crippen LogP contribution in [0.5, 0.6) is 5.88 Å². The summed E-state index contributed by atoms with van der Waals surface area (Å²) in [6.07, 6.45) is 2.35. The maximum absolute atomic E-state index is 5.15. The summed E-state index contributed by atoms with van der Waals surface area (Å²) in [7, 11) is 3.59. The van der Waals surface area contributed by atoms with Gasteiger partial charge in [-0.05, 0) is 24.1 Å². The van der Waals surface area contributed by atoms with Crippen LogP contribution >= 0.6 is 0 Å². The van der Waals surface area contributed by atoms with Gasteiger partial charge >= 0.3 is 0 Å². The zero-order valence-corrected chi connectivity index (χ0v) is 13.1. The van der Waals surface area contributed by atoms with Crippen LogP contribution in [0.15, 0.2) is 36.7 Å². The van der Waals surface area contributed by atoms with Gasteiger partial charge in [-0.15, -0.1) is 0 Å². The molecule has 0 saturated heterocycles. The molecule has 4 heteroatoms. The van der Waals surface area contributed by atoms with E-state index < -0.39 is 0 Å². The molecule has 0 bridgehead atoms. The second-order valence-electron chi connectivity index (χ2n) is 5.42.